The lowest BCUT2D eigenvalue weighted by atomic mass is 9.51. The molecule has 0 aromatic heterocycles. The van der Waals surface area contributed by atoms with Crippen LogP contribution in [0.2, 0.25) is 10.0 Å². The number of phenolic OH excluding ortho intramolecular Hbond substituents is 3. The molecule has 654 valence electrons. The minimum Gasteiger partial charge on any atom is -0.508 e. The van der Waals surface area contributed by atoms with E-state index in [9.17, 15) is 60.3 Å². The molecular formula is C87H107Cl2N7O25. The summed E-state index contributed by atoms with van der Waals surface area (Å²) in [5, 5.41) is 119. The summed E-state index contributed by atoms with van der Waals surface area (Å²) in [7, 11) is 0. The second-order valence-electron chi connectivity index (χ2n) is 34.4. The SMILES string of the molecule is CC[C@H](CC(C)C)C(=O)N[C@H]1C(=O)C[C@@H](CC(=O)NC(=O)C(C)OCCCCN)C(=O)N[C@H]2C(=O)C[C@H]3C(=O)N[C@H](C(=O)N[C@H](C(=O)CC4C5CC6CC(C5)CC4C6)c4cc(O)cc(O)c4-c4cc3ccc4O)[C@H](O)c3ccc(c(Cl)c3)Oc3cc2cc(c3O[C@@H]2O[C@H](CO)[C@@H](O)[C@H](O)[C@H]2O[C@H]2C[C@](C)(N)[C@H](O)[C@H](C)O2)Oc2ccc(cc2Cl)[C@H]1O. The summed E-state index contributed by atoms with van der Waals surface area (Å²) in [6.45, 7) is 9.31. The maximum absolute atomic E-state index is 16.7. The van der Waals surface area contributed by atoms with E-state index in [0.717, 1.165) is 62.4 Å². The molecule has 5 aromatic carbocycles. The number of aliphatic hydroxyl groups is 6. The molecule has 6 fully saturated rings. The van der Waals surface area contributed by atoms with E-state index in [0.29, 0.717) is 37.6 Å². The van der Waals surface area contributed by atoms with Gasteiger partial charge in [-0.05, 0) is 203 Å². The molecule has 7 heterocycles. The molecule has 18 N–H and O–H groups in total. The largest absolute Gasteiger partial charge is 0.508 e. The summed E-state index contributed by atoms with van der Waals surface area (Å²) < 4.78 is 44.9. The molecule has 4 aliphatic carbocycles. The van der Waals surface area contributed by atoms with Crippen molar-refractivity contribution in [2.24, 2.45) is 58.8 Å². The van der Waals surface area contributed by atoms with Crippen LogP contribution in [-0.2, 0) is 62.1 Å². The van der Waals surface area contributed by atoms with Crippen molar-refractivity contribution in [3.63, 3.8) is 0 Å². The number of nitrogens with two attached hydrogens (primary N) is 2. The minimum absolute atomic E-state index is 0.0489. The van der Waals surface area contributed by atoms with Crippen LogP contribution in [0.25, 0.3) is 11.1 Å². The third-order valence-corrected chi connectivity index (χ3v) is 25.7. The molecule has 121 heavy (non-hydrogen) atoms. The van der Waals surface area contributed by atoms with Crippen LogP contribution in [0.5, 0.6) is 46.0 Å². The number of unbranched alkanes of at least 4 members (excludes halogenated alkanes) is 1. The van der Waals surface area contributed by atoms with Crippen molar-refractivity contribution in [2.45, 2.75) is 235 Å². The van der Waals surface area contributed by atoms with Crippen molar-refractivity contribution in [3.05, 3.63) is 117 Å². The van der Waals surface area contributed by atoms with Crippen LogP contribution in [0.4, 0.5) is 0 Å². The highest BCUT2D eigenvalue weighted by Gasteiger charge is 2.53. The third-order valence-electron chi connectivity index (χ3n) is 25.1. The first-order valence-electron chi connectivity index (χ1n) is 41.4. The second-order valence-corrected chi connectivity index (χ2v) is 35.3. The fourth-order valence-electron chi connectivity index (χ4n) is 18.9. The molecule has 2 saturated heterocycles. The van der Waals surface area contributed by atoms with Gasteiger partial charge in [0.15, 0.2) is 41.2 Å². The number of rotatable bonds is 21. The molecule has 4 saturated carbocycles. The first-order valence-corrected chi connectivity index (χ1v) is 42.2. The van der Waals surface area contributed by atoms with Gasteiger partial charge in [-0.1, -0.05) is 62.2 Å². The van der Waals surface area contributed by atoms with E-state index in [1.165, 1.54) is 69.3 Å². The van der Waals surface area contributed by atoms with Crippen LogP contribution in [0.3, 0.4) is 0 Å². The first kappa shape index (κ1) is 89.8. The Hall–Kier alpha value is -8.97. The topological polar surface area (TPSA) is 513 Å². The molecule has 0 spiro atoms. The van der Waals surface area contributed by atoms with E-state index in [-0.39, 0.29) is 110 Å². The lowest BCUT2D eigenvalue weighted by Crippen LogP contribution is -2.64. The first-order chi connectivity index (χ1) is 57.5. The normalized spacial score (nSPS) is 31.4. The van der Waals surface area contributed by atoms with Crippen molar-refractivity contribution in [1.82, 2.24) is 26.6 Å². The Morgan fingerprint density at radius 3 is 1.95 bits per heavy atom. The number of aliphatic hydroxyl groups excluding tert-OH is 6. The number of nitrogens with one attached hydrogen (secondary N) is 5. The van der Waals surface area contributed by atoms with Crippen LogP contribution in [-0.4, -0.2) is 191 Å². The molecule has 11 aliphatic rings. The van der Waals surface area contributed by atoms with Crippen LogP contribution >= 0.6 is 23.2 Å². The Labute approximate surface area is 708 Å². The predicted molar refractivity (Wildman–Crippen MR) is 433 cm³/mol. The van der Waals surface area contributed by atoms with Gasteiger partial charge in [-0.3, -0.25) is 48.5 Å². The Kier molecular flexibility index (Phi) is 27.9. The summed E-state index contributed by atoms with van der Waals surface area (Å²) in [5.41, 5.74) is 9.22. The minimum atomic E-state index is -2.25. The fraction of sp³-hybridized carbons (Fsp3) is 0.552. The number of carbonyl (C=O) groups is 9. The molecular weight excluding hydrogens is 1610 g/mol. The highest BCUT2D eigenvalue weighted by atomic mass is 35.5. The lowest BCUT2D eigenvalue weighted by molar-refractivity contribution is -0.333. The molecule has 6 amide bonds. The van der Waals surface area contributed by atoms with Crippen LogP contribution in [0.15, 0.2) is 78.9 Å². The van der Waals surface area contributed by atoms with E-state index in [1.54, 1.807) is 6.92 Å². The highest BCUT2D eigenvalue weighted by molar-refractivity contribution is 6.32. The van der Waals surface area contributed by atoms with Crippen molar-refractivity contribution in [2.75, 3.05) is 19.8 Å². The molecule has 7 aliphatic heterocycles. The van der Waals surface area contributed by atoms with Gasteiger partial charge in [0.25, 0.3) is 5.91 Å². The van der Waals surface area contributed by atoms with Gasteiger partial charge in [0, 0.05) is 67.4 Å². The zero-order chi connectivity index (χ0) is 87.1. The van der Waals surface area contributed by atoms with Gasteiger partial charge in [0.1, 0.15) is 89.5 Å². The fourth-order valence-corrected chi connectivity index (χ4v) is 19.3. The summed E-state index contributed by atoms with van der Waals surface area (Å²) in [5.74, 6) is -17.1. The van der Waals surface area contributed by atoms with Crippen LogP contribution < -0.4 is 52.3 Å². The van der Waals surface area contributed by atoms with Crippen molar-refractivity contribution >= 4 is 76.0 Å². The number of amides is 6. The lowest BCUT2D eigenvalue weighted by Gasteiger charge is -2.54. The number of hydrogen-bond donors (Lipinski definition) is 16. The van der Waals surface area contributed by atoms with Crippen molar-refractivity contribution in [1.29, 1.82) is 0 Å². The second kappa shape index (κ2) is 37.6. The summed E-state index contributed by atoms with van der Waals surface area (Å²) in [6.07, 6.45) is -15.8. The Morgan fingerprint density at radius 1 is 0.694 bits per heavy atom. The Morgan fingerprint density at radius 2 is 1.34 bits per heavy atom. The summed E-state index contributed by atoms with van der Waals surface area (Å²) >= 11 is 14.5. The number of carbonyl (C=O) groups excluding carboxylic acids is 9. The standard InChI is InChI=1S/C87H107Cl2N7O25/c1-7-42(18-37(2)3)82(111)95-72-59(101)27-49(30-67(104)92-81(110)39(5)115-17-9-8-16-90)83(112)93-70-48-28-64(117-62-14-11-44(74(72)105)25-55(62)88)78(121-86-79(77(108)76(107)66(36-97)119-86)120-68-35-87(6,91)80(109)38(4)116-68)65(29-48)118-63-15-12-45(26-56(63)89)75(106)73-85(114)94-71(61(103)33-51-46-20-40-19-41(22-46)23-47(51)21-40)54-31-50(98)32-58(100)69(54)53-24-43(10-13-57(53)99)52(34-60(70)102)84(113)96-73/h10-15,24-26,28-29,31-32,37-42,46-47,49,51-52,66,68,70-77,79-80,86,97-100,105-109H,7-9,16-23,27,30,33-36,90-91H2,1-6H3,(H,93,112)(H,94,114)(H,95,111)(H,96,113)(H,92,104,110)/t38-,39?,40?,41?,42+,46?,47?,49-,51?,52+,66+,68-,70+,71-,72-,73-,74+,75+,76+,77-,79+,80+,86-,87-/m0/s1. The van der Waals surface area contributed by atoms with Gasteiger partial charge in [0.2, 0.25) is 41.6 Å². The number of Topliss-reactive ketones (excluding diaryl/α,β-unsaturated/α-hetero) is 3. The van der Waals surface area contributed by atoms with Crippen LogP contribution in [0, 0.1) is 47.3 Å². The van der Waals surface area contributed by atoms with Gasteiger partial charge in [-0.25, -0.2) is 0 Å². The number of ether oxygens (including phenoxy) is 7. The number of ketones is 3. The third kappa shape index (κ3) is 19.7. The van der Waals surface area contributed by atoms with Gasteiger partial charge in [-0.2, -0.15) is 0 Å². The Balaban J connectivity index is 1.02. The van der Waals surface area contributed by atoms with E-state index in [4.69, 9.17) is 67.8 Å². The van der Waals surface area contributed by atoms with E-state index in [2.05, 4.69) is 26.6 Å². The zero-order valence-electron chi connectivity index (χ0n) is 67.9. The number of imide groups is 1. The zero-order valence-corrected chi connectivity index (χ0v) is 69.4. The van der Waals surface area contributed by atoms with E-state index >= 15 is 28.8 Å². The molecule has 15 bridgehead atoms. The molecule has 32 nitrogen and oxygen atoms in total. The van der Waals surface area contributed by atoms with Gasteiger partial charge in [0.05, 0.1) is 40.7 Å². The average Bonchev–Trinajstić information content (AvgIpc) is 0.765. The van der Waals surface area contributed by atoms with Crippen LogP contribution in [0.1, 0.15) is 189 Å². The monoisotopic (exact) mass is 1720 g/mol. The van der Waals surface area contributed by atoms with Gasteiger partial charge >= 0.3 is 0 Å². The number of phenols is 3. The number of aromatic hydroxyl groups is 3. The van der Waals surface area contributed by atoms with Gasteiger partial charge < -0.3 is 112 Å². The molecule has 1 unspecified atom stereocenters. The van der Waals surface area contributed by atoms with E-state index < -0.39 is 228 Å². The Bertz CT molecular complexity index is 4730. The molecule has 5 aromatic rings. The smallest absolute Gasteiger partial charge is 0.255 e. The number of benzene rings is 5. The molecule has 19 atom stereocenters. The number of hydrogen-bond acceptors (Lipinski definition) is 27. The molecule has 34 heteroatoms. The predicted octanol–water partition coefficient (Wildman–Crippen LogP) is 6.77. The number of fused-ring (bicyclic) bond motifs is 15. The van der Waals surface area contributed by atoms with Crippen molar-refractivity contribution < 1.29 is 122 Å². The molecule has 16 rings (SSSR count). The van der Waals surface area contributed by atoms with E-state index in [1.807, 2.05) is 13.8 Å². The summed E-state index contributed by atoms with van der Waals surface area (Å²) in [4.78, 5) is 139. The highest BCUT2D eigenvalue weighted by Crippen LogP contribution is 2.58. The van der Waals surface area contributed by atoms with Gasteiger partial charge in [-0.15, -0.1) is 0 Å². The number of halogens is 2. The maximum Gasteiger partial charge on any atom is 0.255 e. The molecule has 0 radical (unpaired) electrons. The summed E-state index contributed by atoms with van der Waals surface area (Å²) in [6, 6.07) is 7.10. The average molecular weight is 1720 g/mol. The maximum atomic E-state index is 16.7. The van der Waals surface area contributed by atoms with Crippen molar-refractivity contribution in [3.8, 4) is 57.1 Å². The quantitative estimate of drug-likeness (QED) is 0.0337.